The highest BCUT2D eigenvalue weighted by Crippen LogP contribution is 2.26. The Morgan fingerprint density at radius 2 is 2.12 bits per heavy atom. The third kappa shape index (κ3) is 3.44. The summed E-state index contributed by atoms with van der Waals surface area (Å²) in [6, 6.07) is 5.44. The third-order valence-electron chi connectivity index (χ3n) is 2.90. The van der Waals surface area contributed by atoms with Gasteiger partial charge in [0.05, 0.1) is 10.7 Å². The second-order valence-corrected chi connectivity index (χ2v) is 5.46. The Morgan fingerprint density at radius 1 is 1.41 bits per heavy atom. The summed E-state index contributed by atoms with van der Waals surface area (Å²) in [5.74, 6) is 0.151. The molecule has 2 N–H and O–H groups in total. The lowest BCUT2D eigenvalue weighted by atomic mass is 9.97. The molecule has 1 aliphatic heterocycles. The SMILES string of the molecule is O=C(Nc1cc(Br)ccc1Cl)C1CCNCC1. The number of hydrogen-bond donors (Lipinski definition) is 2. The van der Waals surface area contributed by atoms with Crippen LogP contribution in [0.2, 0.25) is 5.02 Å². The summed E-state index contributed by atoms with van der Waals surface area (Å²) < 4.78 is 0.905. The molecule has 1 saturated heterocycles. The molecule has 1 aromatic rings. The van der Waals surface area contributed by atoms with Crippen LogP contribution in [0.4, 0.5) is 5.69 Å². The second-order valence-electron chi connectivity index (χ2n) is 4.14. The summed E-state index contributed by atoms with van der Waals surface area (Å²) >= 11 is 9.39. The molecule has 0 aromatic heterocycles. The number of carbonyl (C=O) groups excluding carboxylic acids is 1. The van der Waals surface area contributed by atoms with Crippen LogP contribution in [-0.2, 0) is 4.79 Å². The van der Waals surface area contributed by atoms with E-state index in [0.717, 1.165) is 30.4 Å². The first kappa shape index (κ1) is 12.9. The minimum absolute atomic E-state index is 0.0616. The van der Waals surface area contributed by atoms with Crippen molar-refractivity contribution in [3.8, 4) is 0 Å². The molecule has 1 aromatic carbocycles. The molecule has 0 saturated carbocycles. The quantitative estimate of drug-likeness (QED) is 0.880. The van der Waals surface area contributed by atoms with Gasteiger partial charge < -0.3 is 10.6 Å². The maximum atomic E-state index is 12.0. The standard InChI is InChI=1S/C12H14BrClN2O/c13-9-1-2-10(14)11(7-9)16-12(17)8-3-5-15-6-4-8/h1-2,7-8,15H,3-6H2,(H,16,17). The van der Waals surface area contributed by atoms with E-state index in [1.165, 1.54) is 0 Å². The van der Waals surface area contributed by atoms with E-state index in [1.54, 1.807) is 6.07 Å². The fourth-order valence-corrected chi connectivity index (χ4v) is 2.44. The Bertz CT molecular complexity index is 419. The van der Waals surface area contributed by atoms with Crippen molar-refractivity contribution in [3.05, 3.63) is 27.7 Å². The molecule has 17 heavy (non-hydrogen) atoms. The highest BCUT2D eigenvalue weighted by Gasteiger charge is 2.21. The number of piperidine rings is 1. The van der Waals surface area contributed by atoms with Gasteiger partial charge in [-0.05, 0) is 44.1 Å². The van der Waals surface area contributed by atoms with Crippen molar-refractivity contribution in [3.63, 3.8) is 0 Å². The molecular weight excluding hydrogens is 304 g/mol. The number of amides is 1. The number of benzene rings is 1. The zero-order valence-electron chi connectivity index (χ0n) is 9.30. The van der Waals surface area contributed by atoms with Crippen LogP contribution < -0.4 is 10.6 Å². The Balaban J connectivity index is 2.04. The second kappa shape index (κ2) is 5.85. The minimum atomic E-state index is 0.0616. The van der Waals surface area contributed by atoms with Crippen LogP contribution in [0, 0.1) is 5.92 Å². The maximum absolute atomic E-state index is 12.0. The van der Waals surface area contributed by atoms with E-state index in [2.05, 4.69) is 26.6 Å². The number of nitrogens with one attached hydrogen (secondary N) is 2. The number of anilines is 1. The average Bonchev–Trinajstić information content (AvgIpc) is 2.35. The predicted molar refractivity (Wildman–Crippen MR) is 73.4 cm³/mol. The average molecular weight is 318 g/mol. The van der Waals surface area contributed by atoms with E-state index in [9.17, 15) is 4.79 Å². The first-order chi connectivity index (χ1) is 8.16. The van der Waals surface area contributed by atoms with Gasteiger partial charge in [0.1, 0.15) is 0 Å². The number of halogens is 2. The van der Waals surface area contributed by atoms with Gasteiger partial charge in [-0.1, -0.05) is 27.5 Å². The van der Waals surface area contributed by atoms with Crippen molar-refractivity contribution in [2.75, 3.05) is 18.4 Å². The normalized spacial score (nSPS) is 16.8. The van der Waals surface area contributed by atoms with Crippen molar-refractivity contribution in [1.29, 1.82) is 0 Å². The molecule has 3 nitrogen and oxygen atoms in total. The summed E-state index contributed by atoms with van der Waals surface area (Å²) in [5.41, 5.74) is 0.671. The Labute approximate surface area is 114 Å². The molecule has 0 bridgehead atoms. The number of hydrogen-bond acceptors (Lipinski definition) is 2. The molecule has 5 heteroatoms. The van der Waals surface area contributed by atoms with Crippen molar-refractivity contribution in [2.24, 2.45) is 5.92 Å². The number of rotatable bonds is 2. The van der Waals surface area contributed by atoms with Gasteiger partial charge in [0.25, 0.3) is 0 Å². The molecule has 1 amide bonds. The van der Waals surface area contributed by atoms with Gasteiger partial charge in [-0.3, -0.25) is 4.79 Å². The first-order valence-electron chi connectivity index (χ1n) is 5.63. The minimum Gasteiger partial charge on any atom is -0.324 e. The van der Waals surface area contributed by atoms with Gasteiger partial charge in [0, 0.05) is 10.4 Å². The largest absolute Gasteiger partial charge is 0.324 e. The number of carbonyl (C=O) groups is 1. The lowest BCUT2D eigenvalue weighted by Gasteiger charge is -2.22. The van der Waals surface area contributed by atoms with Gasteiger partial charge in [0.2, 0.25) is 5.91 Å². The van der Waals surface area contributed by atoms with Gasteiger partial charge in [0.15, 0.2) is 0 Å². The Morgan fingerprint density at radius 3 is 2.82 bits per heavy atom. The van der Waals surface area contributed by atoms with Gasteiger partial charge in [-0.2, -0.15) is 0 Å². The van der Waals surface area contributed by atoms with E-state index in [1.807, 2.05) is 12.1 Å². The zero-order valence-corrected chi connectivity index (χ0v) is 11.6. The Hall–Kier alpha value is -0.580. The fourth-order valence-electron chi connectivity index (χ4n) is 1.91. The van der Waals surface area contributed by atoms with Crippen molar-refractivity contribution in [2.45, 2.75) is 12.8 Å². The monoisotopic (exact) mass is 316 g/mol. The molecule has 92 valence electrons. The van der Waals surface area contributed by atoms with Crippen LogP contribution >= 0.6 is 27.5 Å². The Kier molecular flexibility index (Phi) is 4.42. The molecule has 1 heterocycles. The van der Waals surface area contributed by atoms with Crippen LogP contribution in [0.15, 0.2) is 22.7 Å². The molecular formula is C12H14BrClN2O. The first-order valence-corrected chi connectivity index (χ1v) is 6.80. The smallest absolute Gasteiger partial charge is 0.227 e. The van der Waals surface area contributed by atoms with Gasteiger partial charge in [-0.15, -0.1) is 0 Å². The van der Waals surface area contributed by atoms with Crippen LogP contribution in [0.1, 0.15) is 12.8 Å². The highest BCUT2D eigenvalue weighted by molar-refractivity contribution is 9.10. The van der Waals surface area contributed by atoms with Crippen LogP contribution in [0.3, 0.4) is 0 Å². The molecule has 0 spiro atoms. The van der Waals surface area contributed by atoms with E-state index >= 15 is 0 Å². The maximum Gasteiger partial charge on any atom is 0.227 e. The zero-order chi connectivity index (χ0) is 12.3. The molecule has 2 rings (SSSR count). The molecule has 0 unspecified atom stereocenters. The van der Waals surface area contributed by atoms with E-state index < -0.39 is 0 Å². The van der Waals surface area contributed by atoms with Crippen molar-refractivity contribution >= 4 is 39.1 Å². The summed E-state index contributed by atoms with van der Waals surface area (Å²) in [6.45, 7) is 1.81. The molecule has 0 aliphatic carbocycles. The fraction of sp³-hybridized carbons (Fsp3) is 0.417. The lowest BCUT2D eigenvalue weighted by Crippen LogP contribution is -2.34. The van der Waals surface area contributed by atoms with Crippen LogP contribution in [-0.4, -0.2) is 19.0 Å². The summed E-state index contributed by atoms with van der Waals surface area (Å²) in [5, 5.41) is 6.70. The van der Waals surface area contributed by atoms with Crippen molar-refractivity contribution < 1.29 is 4.79 Å². The topological polar surface area (TPSA) is 41.1 Å². The lowest BCUT2D eigenvalue weighted by molar-refractivity contribution is -0.120. The molecule has 0 atom stereocenters. The molecule has 0 radical (unpaired) electrons. The van der Waals surface area contributed by atoms with Gasteiger partial charge in [-0.25, -0.2) is 0 Å². The summed E-state index contributed by atoms with van der Waals surface area (Å²) in [4.78, 5) is 12.0. The summed E-state index contributed by atoms with van der Waals surface area (Å²) in [7, 11) is 0. The highest BCUT2D eigenvalue weighted by atomic mass is 79.9. The van der Waals surface area contributed by atoms with E-state index in [0.29, 0.717) is 10.7 Å². The van der Waals surface area contributed by atoms with Crippen LogP contribution in [0.25, 0.3) is 0 Å². The van der Waals surface area contributed by atoms with E-state index in [-0.39, 0.29) is 11.8 Å². The third-order valence-corrected chi connectivity index (χ3v) is 3.72. The van der Waals surface area contributed by atoms with E-state index in [4.69, 9.17) is 11.6 Å². The van der Waals surface area contributed by atoms with Crippen molar-refractivity contribution in [1.82, 2.24) is 5.32 Å². The molecule has 1 aliphatic rings. The van der Waals surface area contributed by atoms with Crippen LogP contribution in [0.5, 0.6) is 0 Å². The summed E-state index contributed by atoms with van der Waals surface area (Å²) in [6.07, 6.45) is 1.77. The molecule has 1 fully saturated rings. The van der Waals surface area contributed by atoms with Gasteiger partial charge >= 0.3 is 0 Å². The predicted octanol–water partition coefficient (Wildman–Crippen LogP) is 3.04.